The number of likely N-dealkylation sites (N-methyl/N-ethyl adjacent to an activating group) is 1. The summed E-state index contributed by atoms with van der Waals surface area (Å²) in [5, 5.41) is 0. The lowest BCUT2D eigenvalue weighted by molar-refractivity contribution is -0.129. The summed E-state index contributed by atoms with van der Waals surface area (Å²) >= 11 is 0. The molecule has 15 heavy (non-hydrogen) atoms. The smallest absolute Gasteiger partial charge is 0.152 e. The van der Waals surface area contributed by atoms with Gasteiger partial charge in [-0.3, -0.25) is 9.69 Å². The first-order chi connectivity index (χ1) is 6.82. The third kappa shape index (κ3) is 3.94. The van der Waals surface area contributed by atoms with Gasteiger partial charge in [0.15, 0.2) is 5.78 Å². The van der Waals surface area contributed by atoms with Gasteiger partial charge in [-0.15, -0.1) is 0 Å². The van der Waals surface area contributed by atoms with Crippen LogP contribution in [-0.2, 0) is 4.79 Å². The van der Waals surface area contributed by atoms with E-state index < -0.39 is 0 Å². The molecule has 0 aliphatic heterocycles. The van der Waals surface area contributed by atoms with Crippen molar-refractivity contribution < 1.29 is 4.79 Å². The van der Waals surface area contributed by atoms with Crippen LogP contribution in [-0.4, -0.2) is 29.8 Å². The van der Waals surface area contributed by atoms with Crippen LogP contribution in [0.3, 0.4) is 0 Å². The molecule has 0 aliphatic rings. The van der Waals surface area contributed by atoms with Gasteiger partial charge in [0, 0.05) is 12.0 Å². The van der Waals surface area contributed by atoms with Gasteiger partial charge in [0.25, 0.3) is 0 Å². The maximum absolute atomic E-state index is 12.1. The second-order valence-electron chi connectivity index (χ2n) is 5.15. The highest BCUT2D eigenvalue weighted by atomic mass is 16.1. The minimum absolute atomic E-state index is 0.0787. The largest absolute Gasteiger partial charge is 0.298 e. The molecule has 0 aromatic carbocycles. The molecule has 0 rings (SSSR count). The number of carbonyl (C=O) groups excluding carboxylic acids is 1. The van der Waals surface area contributed by atoms with Crippen molar-refractivity contribution in [3.8, 4) is 0 Å². The third-order valence-corrected chi connectivity index (χ3v) is 3.30. The monoisotopic (exact) mass is 213 g/mol. The Kier molecular flexibility index (Phi) is 6.11. The second kappa shape index (κ2) is 6.26. The lowest BCUT2D eigenvalue weighted by atomic mass is 9.88. The Morgan fingerprint density at radius 3 is 1.87 bits per heavy atom. The number of Topliss-reactive ketones (excluding diaryl/α,β-unsaturated/α-hetero) is 1. The van der Waals surface area contributed by atoms with Gasteiger partial charge in [0.2, 0.25) is 0 Å². The van der Waals surface area contributed by atoms with Crippen molar-refractivity contribution >= 4 is 5.78 Å². The summed E-state index contributed by atoms with van der Waals surface area (Å²) in [7, 11) is 2.06. The zero-order chi connectivity index (χ0) is 12.2. The molecule has 0 amide bonds. The molecule has 0 N–H and O–H groups in total. The molecule has 1 unspecified atom stereocenters. The van der Waals surface area contributed by atoms with Gasteiger partial charge in [0.05, 0.1) is 6.04 Å². The van der Waals surface area contributed by atoms with E-state index in [1.54, 1.807) is 0 Å². The van der Waals surface area contributed by atoms with Crippen LogP contribution in [0.2, 0.25) is 0 Å². The Morgan fingerprint density at radius 2 is 1.60 bits per heavy atom. The highest BCUT2D eigenvalue weighted by molar-refractivity contribution is 5.86. The first-order valence-corrected chi connectivity index (χ1v) is 6.08. The first-order valence-electron chi connectivity index (χ1n) is 6.08. The fraction of sp³-hybridized carbons (Fsp3) is 0.923. The van der Waals surface area contributed by atoms with Crippen molar-refractivity contribution in [2.24, 2.45) is 11.8 Å². The summed E-state index contributed by atoms with van der Waals surface area (Å²) in [4.78, 5) is 14.4. The van der Waals surface area contributed by atoms with E-state index in [1.807, 2.05) is 13.8 Å². The zero-order valence-corrected chi connectivity index (χ0v) is 11.4. The van der Waals surface area contributed by atoms with Gasteiger partial charge < -0.3 is 0 Å². The molecule has 0 bridgehead atoms. The molecule has 0 aromatic heterocycles. The van der Waals surface area contributed by atoms with Crippen molar-refractivity contribution in [3.63, 3.8) is 0 Å². The Hall–Kier alpha value is -0.370. The number of hydrogen-bond acceptors (Lipinski definition) is 2. The topological polar surface area (TPSA) is 20.3 Å². The molecule has 0 fully saturated rings. The van der Waals surface area contributed by atoms with Crippen LogP contribution in [0.1, 0.15) is 48.0 Å². The van der Waals surface area contributed by atoms with E-state index in [2.05, 4.69) is 39.6 Å². The average molecular weight is 213 g/mol. The molecule has 0 aromatic rings. The van der Waals surface area contributed by atoms with Crippen LogP contribution in [0.15, 0.2) is 0 Å². The van der Waals surface area contributed by atoms with Crippen LogP contribution >= 0.6 is 0 Å². The highest BCUT2D eigenvalue weighted by Crippen LogP contribution is 2.19. The molecule has 2 heteroatoms. The van der Waals surface area contributed by atoms with Gasteiger partial charge in [0.1, 0.15) is 0 Å². The van der Waals surface area contributed by atoms with E-state index in [9.17, 15) is 4.79 Å². The molecule has 0 saturated carbocycles. The van der Waals surface area contributed by atoms with Crippen molar-refractivity contribution in [2.75, 3.05) is 7.05 Å². The van der Waals surface area contributed by atoms with E-state index in [4.69, 9.17) is 0 Å². The Morgan fingerprint density at radius 1 is 1.13 bits per heavy atom. The van der Waals surface area contributed by atoms with Crippen molar-refractivity contribution in [3.05, 3.63) is 0 Å². The molecule has 0 spiro atoms. The predicted octanol–water partition coefficient (Wildman–Crippen LogP) is 2.97. The quantitative estimate of drug-likeness (QED) is 0.676. The number of rotatable bonds is 6. The van der Waals surface area contributed by atoms with Gasteiger partial charge in [-0.05, 0) is 26.8 Å². The van der Waals surface area contributed by atoms with Gasteiger partial charge in [-0.1, -0.05) is 34.1 Å². The minimum Gasteiger partial charge on any atom is -0.298 e. The lowest BCUT2D eigenvalue weighted by Gasteiger charge is -2.35. The molecule has 0 radical (unpaired) electrons. The normalized spacial score (nSPS) is 16.1. The lowest BCUT2D eigenvalue weighted by Crippen LogP contribution is -2.47. The average Bonchev–Trinajstić information content (AvgIpc) is 2.16. The number of hydrogen-bond donors (Lipinski definition) is 0. The van der Waals surface area contributed by atoms with Gasteiger partial charge >= 0.3 is 0 Å². The summed E-state index contributed by atoms with van der Waals surface area (Å²) < 4.78 is 0. The fourth-order valence-corrected chi connectivity index (χ4v) is 1.77. The van der Waals surface area contributed by atoms with Crippen LogP contribution in [0.25, 0.3) is 0 Å². The molecule has 0 aliphatic carbocycles. The number of ketones is 1. The first kappa shape index (κ1) is 14.6. The zero-order valence-electron chi connectivity index (χ0n) is 11.4. The maximum Gasteiger partial charge on any atom is 0.152 e. The van der Waals surface area contributed by atoms with Crippen LogP contribution in [0.5, 0.6) is 0 Å². The van der Waals surface area contributed by atoms with Crippen LogP contribution in [0, 0.1) is 11.8 Å². The Bertz CT molecular complexity index is 199. The molecular formula is C13H27NO. The molecule has 90 valence electrons. The molecule has 0 saturated heterocycles. The fourth-order valence-electron chi connectivity index (χ4n) is 1.77. The van der Waals surface area contributed by atoms with E-state index in [1.165, 1.54) is 0 Å². The van der Waals surface area contributed by atoms with Crippen LogP contribution < -0.4 is 0 Å². The number of carbonyl (C=O) groups is 1. The summed E-state index contributed by atoms with van der Waals surface area (Å²) in [6.07, 6.45) is 1.06. The third-order valence-electron chi connectivity index (χ3n) is 3.30. The second-order valence-corrected chi connectivity index (χ2v) is 5.15. The Balaban J connectivity index is 4.80. The van der Waals surface area contributed by atoms with E-state index >= 15 is 0 Å². The van der Waals surface area contributed by atoms with Gasteiger partial charge in [-0.25, -0.2) is 0 Å². The van der Waals surface area contributed by atoms with Crippen LogP contribution in [0.4, 0.5) is 0 Å². The summed E-state index contributed by atoms with van der Waals surface area (Å²) in [5.41, 5.74) is 0. The molecular weight excluding hydrogens is 186 g/mol. The standard InChI is InChI=1S/C13H27NO/c1-8-11(6)12(13(15)9(2)3)14(7)10(4)5/h9-12H,8H2,1-7H3/t11?,12-/m1/s1. The molecule has 2 nitrogen and oxygen atoms in total. The van der Waals surface area contributed by atoms with Crippen molar-refractivity contribution in [1.82, 2.24) is 4.90 Å². The van der Waals surface area contributed by atoms with Gasteiger partial charge in [-0.2, -0.15) is 0 Å². The molecule has 2 atom stereocenters. The Labute approximate surface area is 95.0 Å². The minimum atomic E-state index is 0.0787. The van der Waals surface area contributed by atoms with Crippen molar-refractivity contribution in [2.45, 2.75) is 60.0 Å². The highest BCUT2D eigenvalue weighted by Gasteiger charge is 2.30. The summed E-state index contributed by atoms with van der Waals surface area (Å²) in [6.45, 7) is 12.6. The van der Waals surface area contributed by atoms with E-state index in [0.29, 0.717) is 17.7 Å². The van der Waals surface area contributed by atoms with E-state index in [0.717, 1.165) is 6.42 Å². The SMILES string of the molecule is CCC(C)[C@H](C(=O)C(C)C)N(C)C(C)C. The maximum atomic E-state index is 12.1. The number of nitrogens with zero attached hydrogens (tertiary/aromatic N) is 1. The summed E-state index contributed by atoms with van der Waals surface area (Å²) in [5.74, 6) is 0.943. The molecule has 0 heterocycles. The predicted molar refractivity (Wildman–Crippen MR) is 66.0 cm³/mol. The van der Waals surface area contributed by atoms with Crippen molar-refractivity contribution in [1.29, 1.82) is 0 Å². The summed E-state index contributed by atoms with van der Waals surface area (Å²) in [6, 6.07) is 0.502. The van der Waals surface area contributed by atoms with E-state index in [-0.39, 0.29) is 12.0 Å².